The van der Waals surface area contributed by atoms with E-state index in [0.717, 1.165) is 24.2 Å². The first-order chi connectivity index (χ1) is 8.33. The minimum Gasteiger partial charge on any atom is -0.493 e. The van der Waals surface area contributed by atoms with Crippen molar-refractivity contribution in [3.8, 4) is 5.75 Å². The summed E-state index contributed by atoms with van der Waals surface area (Å²) < 4.78 is 5.62. The van der Waals surface area contributed by atoms with E-state index in [1.165, 1.54) is 0 Å². The number of aliphatic hydroxyl groups is 1. The number of hydrogen-bond donors (Lipinski definition) is 2. The van der Waals surface area contributed by atoms with Crippen molar-refractivity contribution in [2.45, 2.75) is 26.2 Å². The van der Waals surface area contributed by atoms with E-state index in [1.807, 2.05) is 31.2 Å². The van der Waals surface area contributed by atoms with Gasteiger partial charge >= 0.3 is 0 Å². The summed E-state index contributed by atoms with van der Waals surface area (Å²) in [7, 11) is 0. The van der Waals surface area contributed by atoms with Crippen molar-refractivity contribution < 1.29 is 15.1 Å². The second-order valence-electron chi connectivity index (χ2n) is 3.68. The lowest BCUT2D eigenvalue weighted by atomic mass is 10.1. The van der Waals surface area contributed by atoms with Gasteiger partial charge in [0.15, 0.2) is 0 Å². The molecule has 0 amide bonds. The molecule has 0 atom stereocenters. The molecule has 0 aliphatic heterocycles. The first kappa shape index (κ1) is 13.5. The zero-order valence-corrected chi connectivity index (χ0v) is 10.1. The zero-order valence-electron chi connectivity index (χ0n) is 10.1. The van der Waals surface area contributed by atoms with Crippen LogP contribution in [0.1, 0.15) is 31.7 Å². The van der Waals surface area contributed by atoms with E-state index in [1.54, 1.807) is 0 Å². The number of para-hydroxylation sites is 1. The van der Waals surface area contributed by atoms with Crippen LogP contribution < -0.4 is 4.74 Å². The zero-order chi connectivity index (χ0) is 12.5. The van der Waals surface area contributed by atoms with E-state index in [4.69, 9.17) is 15.1 Å². The molecule has 0 radical (unpaired) electrons. The Kier molecular flexibility index (Phi) is 6.10. The first-order valence-corrected chi connectivity index (χ1v) is 5.87. The molecule has 0 saturated carbocycles. The van der Waals surface area contributed by atoms with Gasteiger partial charge in [-0.25, -0.2) is 0 Å². The predicted molar refractivity (Wildman–Crippen MR) is 66.9 cm³/mol. The number of aliphatic hydroxyl groups excluding tert-OH is 1. The van der Waals surface area contributed by atoms with Crippen LogP contribution in [0.25, 0.3) is 0 Å². The maximum Gasteiger partial charge on any atom is 0.128 e. The smallest absolute Gasteiger partial charge is 0.128 e. The predicted octanol–water partition coefficient (Wildman–Crippen LogP) is 2.43. The number of hydrogen-bond acceptors (Lipinski definition) is 4. The Labute approximate surface area is 102 Å². The van der Waals surface area contributed by atoms with Crippen LogP contribution >= 0.6 is 0 Å². The molecular formula is C13H19NO3. The van der Waals surface area contributed by atoms with Gasteiger partial charge < -0.3 is 15.1 Å². The molecule has 0 spiro atoms. The molecule has 0 heterocycles. The fourth-order valence-electron chi connectivity index (χ4n) is 1.54. The highest BCUT2D eigenvalue weighted by atomic mass is 16.5. The summed E-state index contributed by atoms with van der Waals surface area (Å²) in [5.41, 5.74) is 1.43. The van der Waals surface area contributed by atoms with E-state index in [0.29, 0.717) is 18.7 Å². The number of benzene rings is 1. The van der Waals surface area contributed by atoms with Gasteiger partial charge in [-0.05, 0) is 31.4 Å². The highest BCUT2D eigenvalue weighted by Crippen LogP contribution is 2.20. The average Bonchev–Trinajstić information content (AvgIpc) is 2.38. The van der Waals surface area contributed by atoms with Crippen LogP contribution in [-0.2, 0) is 0 Å². The van der Waals surface area contributed by atoms with Crippen molar-refractivity contribution >= 4 is 5.71 Å². The van der Waals surface area contributed by atoms with E-state index in [-0.39, 0.29) is 6.61 Å². The molecule has 1 aromatic rings. The second kappa shape index (κ2) is 7.68. The molecule has 0 aromatic heterocycles. The van der Waals surface area contributed by atoms with E-state index in [2.05, 4.69) is 5.16 Å². The summed E-state index contributed by atoms with van der Waals surface area (Å²) in [6.45, 7) is 2.67. The van der Waals surface area contributed by atoms with E-state index in [9.17, 15) is 0 Å². The van der Waals surface area contributed by atoms with E-state index >= 15 is 0 Å². The first-order valence-electron chi connectivity index (χ1n) is 5.87. The molecule has 0 saturated heterocycles. The molecule has 94 valence electrons. The van der Waals surface area contributed by atoms with Crippen molar-refractivity contribution in [2.24, 2.45) is 5.16 Å². The van der Waals surface area contributed by atoms with Gasteiger partial charge in [0.05, 0.1) is 12.3 Å². The van der Waals surface area contributed by atoms with Crippen molar-refractivity contribution in [3.63, 3.8) is 0 Å². The lowest BCUT2D eigenvalue weighted by Crippen LogP contribution is -2.05. The summed E-state index contributed by atoms with van der Waals surface area (Å²) in [6.07, 6.45) is 2.19. The number of oxime groups is 1. The van der Waals surface area contributed by atoms with Crippen molar-refractivity contribution in [2.75, 3.05) is 13.2 Å². The lowest BCUT2D eigenvalue weighted by Gasteiger charge is -2.11. The largest absolute Gasteiger partial charge is 0.493 e. The lowest BCUT2D eigenvalue weighted by molar-refractivity contribution is 0.253. The molecule has 4 heteroatoms. The summed E-state index contributed by atoms with van der Waals surface area (Å²) in [5.74, 6) is 0.722. The van der Waals surface area contributed by atoms with Gasteiger partial charge in [-0.3, -0.25) is 0 Å². The molecule has 4 nitrogen and oxygen atoms in total. The van der Waals surface area contributed by atoms with Crippen LogP contribution in [0.15, 0.2) is 29.4 Å². The molecule has 0 aliphatic carbocycles. The van der Waals surface area contributed by atoms with Crippen LogP contribution in [0.2, 0.25) is 0 Å². The number of rotatable bonds is 7. The van der Waals surface area contributed by atoms with Gasteiger partial charge in [0, 0.05) is 12.2 Å². The Morgan fingerprint density at radius 1 is 1.29 bits per heavy atom. The number of ether oxygens (including phenoxy) is 1. The fourth-order valence-corrected chi connectivity index (χ4v) is 1.54. The van der Waals surface area contributed by atoms with Crippen molar-refractivity contribution in [3.05, 3.63) is 29.8 Å². The average molecular weight is 237 g/mol. The molecule has 0 aliphatic rings. The monoisotopic (exact) mass is 237 g/mol. The van der Waals surface area contributed by atoms with Gasteiger partial charge in [0.2, 0.25) is 0 Å². The van der Waals surface area contributed by atoms with Gasteiger partial charge in [0.1, 0.15) is 5.75 Å². The van der Waals surface area contributed by atoms with Gasteiger partial charge in [-0.1, -0.05) is 24.2 Å². The highest BCUT2D eigenvalue weighted by molar-refractivity contribution is 6.02. The molecule has 17 heavy (non-hydrogen) atoms. The second-order valence-corrected chi connectivity index (χ2v) is 3.68. The van der Waals surface area contributed by atoms with Crippen molar-refractivity contribution in [1.29, 1.82) is 0 Å². The summed E-state index contributed by atoms with van der Waals surface area (Å²) in [5, 5.41) is 20.9. The normalized spacial score (nSPS) is 11.5. The minimum absolute atomic E-state index is 0.184. The van der Waals surface area contributed by atoms with Crippen LogP contribution in [0.3, 0.4) is 0 Å². The molecule has 1 rings (SSSR count). The fraction of sp³-hybridized carbons (Fsp3) is 0.462. The third kappa shape index (κ3) is 4.07. The molecule has 0 bridgehead atoms. The summed E-state index contributed by atoms with van der Waals surface area (Å²) >= 11 is 0. The molecule has 0 unspecified atom stereocenters. The topological polar surface area (TPSA) is 62.1 Å². The summed E-state index contributed by atoms with van der Waals surface area (Å²) in [6, 6.07) is 7.50. The highest BCUT2D eigenvalue weighted by Gasteiger charge is 2.08. The minimum atomic E-state index is 0.184. The van der Waals surface area contributed by atoms with Crippen LogP contribution in [0.4, 0.5) is 0 Å². The third-order valence-electron chi connectivity index (χ3n) is 2.46. The quantitative estimate of drug-likeness (QED) is 0.331. The van der Waals surface area contributed by atoms with Crippen molar-refractivity contribution in [1.82, 2.24) is 0 Å². The van der Waals surface area contributed by atoms with Crippen LogP contribution in [0, 0.1) is 0 Å². The molecule has 2 N–H and O–H groups in total. The van der Waals surface area contributed by atoms with Gasteiger partial charge in [-0.15, -0.1) is 0 Å². The van der Waals surface area contributed by atoms with Gasteiger partial charge in [-0.2, -0.15) is 0 Å². The third-order valence-corrected chi connectivity index (χ3v) is 2.46. The Morgan fingerprint density at radius 2 is 2.06 bits per heavy atom. The maximum absolute atomic E-state index is 8.91. The standard InChI is InChI=1S/C13H19NO3/c1-2-12(14-16)11-7-3-4-8-13(11)17-10-6-5-9-15/h3-4,7-8,15-16H,2,5-6,9-10H2,1H3. The van der Waals surface area contributed by atoms with E-state index < -0.39 is 0 Å². The van der Waals surface area contributed by atoms with Crippen LogP contribution in [0.5, 0.6) is 5.75 Å². The molecular weight excluding hydrogens is 218 g/mol. The number of unbranched alkanes of at least 4 members (excludes halogenated alkanes) is 1. The Balaban J connectivity index is 2.71. The van der Waals surface area contributed by atoms with Gasteiger partial charge in [0.25, 0.3) is 0 Å². The molecule has 0 fully saturated rings. The summed E-state index contributed by atoms with van der Waals surface area (Å²) in [4.78, 5) is 0. The Morgan fingerprint density at radius 3 is 2.71 bits per heavy atom. The Hall–Kier alpha value is -1.55. The SMILES string of the molecule is CCC(=NO)c1ccccc1OCCCCO. The Bertz CT molecular complexity index is 363. The van der Waals surface area contributed by atoms with Crippen LogP contribution in [-0.4, -0.2) is 29.2 Å². The maximum atomic E-state index is 8.91. The number of nitrogens with zero attached hydrogens (tertiary/aromatic N) is 1. The molecule has 1 aromatic carbocycles.